The van der Waals surface area contributed by atoms with Gasteiger partial charge in [-0.2, -0.15) is 18.3 Å². The lowest BCUT2D eigenvalue weighted by molar-refractivity contribution is -0.141. The molecular weight excluding hydrogens is 279 g/mol. The van der Waals surface area contributed by atoms with E-state index >= 15 is 0 Å². The molecule has 0 aliphatic rings. The SMILES string of the molecule is Cc1ccc2cc(Cn3ccc(C(F)(F)F)n3)ccc2n1. The van der Waals surface area contributed by atoms with Crippen LogP contribution in [-0.2, 0) is 12.7 Å². The molecular formula is C15H12F3N3. The van der Waals surface area contributed by atoms with Crippen LogP contribution in [0.15, 0.2) is 42.6 Å². The Balaban J connectivity index is 1.88. The van der Waals surface area contributed by atoms with Crippen LogP contribution in [0.25, 0.3) is 10.9 Å². The summed E-state index contributed by atoms with van der Waals surface area (Å²) in [6.07, 6.45) is -3.07. The van der Waals surface area contributed by atoms with Crippen LogP contribution < -0.4 is 0 Å². The molecule has 3 rings (SSSR count). The number of halogens is 3. The predicted octanol–water partition coefficient (Wildman–Crippen LogP) is 3.81. The van der Waals surface area contributed by atoms with Gasteiger partial charge in [-0.05, 0) is 36.8 Å². The summed E-state index contributed by atoms with van der Waals surface area (Å²) in [5.41, 5.74) is 1.80. The molecule has 0 N–H and O–H groups in total. The Morgan fingerprint density at radius 1 is 1.10 bits per heavy atom. The van der Waals surface area contributed by atoms with E-state index in [1.807, 2.05) is 37.3 Å². The fraction of sp³-hybridized carbons (Fsp3) is 0.200. The number of hydrogen-bond acceptors (Lipinski definition) is 2. The molecule has 3 nitrogen and oxygen atoms in total. The predicted molar refractivity (Wildman–Crippen MR) is 72.8 cm³/mol. The van der Waals surface area contributed by atoms with Crippen molar-refractivity contribution in [3.8, 4) is 0 Å². The summed E-state index contributed by atoms with van der Waals surface area (Å²) in [5.74, 6) is 0. The summed E-state index contributed by atoms with van der Waals surface area (Å²) in [7, 11) is 0. The highest BCUT2D eigenvalue weighted by atomic mass is 19.4. The van der Waals surface area contributed by atoms with E-state index in [1.165, 1.54) is 10.9 Å². The summed E-state index contributed by atoms with van der Waals surface area (Å²) >= 11 is 0. The van der Waals surface area contributed by atoms with Gasteiger partial charge in [0.25, 0.3) is 0 Å². The molecule has 0 bridgehead atoms. The Labute approximate surface area is 119 Å². The second kappa shape index (κ2) is 4.87. The van der Waals surface area contributed by atoms with Crippen LogP contribution in [-0.4, -0.2) is 14.8 Å². The van der Waals surface area contributed by atoms with E-state index in [-0.39, 0.29) is 0 Å². The van der Waals surface area contributed by atoms with Crippen LogP contribution >= 0.6 is 0 Å². The number of nitrogens with zero attached hydrogens (tertiary/aromatic N) is 3. The molecule has 0 unspecified atom stereocenters. The Hall–Kier alpha value is -2.37. The Morgan fingerprint density at radius 2 is 1.90 bits per heavy atom. The van der Waals surface area contributed by atoms with E-state index in [2.05, 4.69) is 10.1 Å². The molecule has 108 valence electrons. The average Bonchev–Trinajstić information content (AvgIpc) is 2.87. The van der Waals surface area contributed by atoms with Crippen LogP contribution in [0.5, 0.6) is 0 Å². The molecule has 0 saturated heterocycles. The third-order valence-corrected chi connectivity index (χ3v) is 3.17. The van der Waals surface area contributed by atoms with Gasteiger partial charge in [-0.3, -0.25) is 9.67 Å². The van der Waals surface area contributed by atoms with E-state index in [4.69, 9.17) is 0 Å². The standard InChI is InChI=1S/C15H12F3N3/c1-10-2-4-12-8-11(3-5-13(12)19-10)9-21-7-6-14(20-21)15(16,17)18/h2-8H,9H2,1H3. The number of benzene rings is 1. The minimum absolute atomic E-state index is 0.292. The van der Waals surface area contributed by atoms with E-state index < -0.39 is 11.9 Å². The van der Waals surface area contributed by atoms with Crippen molar-refractivity contribution in [3.05, 3.63) is 59.5 Å². The zero-order valence-electron chi connectivity index (χ0n) is 11.2. The van der Waals surface area contributed by atoms with Crippen molar-refractivity contribution < 1.29 is 13.2 Å². The molecule has 0 fully saturated rings. The normalized spacial score (nSPS) is 12.0. The van der Waals surface area contributed by atoms with Crippen molar-refractivity contribution in [2.75, 3.05) is 0 Å². The van der Waals surface area contributed by atoms with Crippen molar-refractivity contribution in [3.63, 3.8) is 0 Å². The summed E-state index contributed by atoms with van der Waals surface area (Å²) in [6, 6.07) is 10.5. The van der Waals surface area contributed by atoms with Gasteiger partial charge in [0.1, 0.15) is 0 Å². The van der Waals surface area contributed by atoms with Crippen LogP contribution in [0.3, 0.4) is 0 Å². The quantitative estimate of drug-likeness (QED) is 0.719. The van der Waals surface area contributed by atoms with Gasteiger partial charge in [0, 0.05) is 17.3 Å². The van der Waals surface area contributed by atoms with Crippen molar-refractivity contribution in [1.82, 2.24) is 14.8 Å². The molecule has 0 aliphatic heterocycles. The molecule has 0 radical (unpaired) electrons. The van der Waals surface area contributed by atoms with Gasteiger partial charge in [0.2, 0.25) is 0 Å². The first-order chi connectivity index (χ1) is 9.91. The molecule has 0 amide bonds. The maximum atomic E-state index is 12.5. The number of aryl methyl sites for hydroxylation is 1. The Kier molecular flexibility index (Phi) is 3.16. The number of fused-ring (bicyclic) bond motifs is 1. The molecule has 2 aromatic heterocycles. The summed E-state index contributed by atoms with van der Waals surface area (Å²) in [4.78, 5) is 4.39. The van der Waals surface area contributed by atoms with Gasteiger partial charge in [-0.15, -0.1) is 0 Å². The molecule has 21 heavy (non-hydrogen) atoms. The van der Waals surface area contributed by atoms with Crippen molar-refractivity contribution >= 4 is 10.9 Å². The van der Waals surface area contributed by atoms with E-state index in [1.54, 1.807) is 0 Å². The zero-order valence-corrected chi connectivity index (χ0v) is 11.2. The maximum Gasteiger partial charge on any atom is 0.435 e. The molecule has 2 heterocycles. The minimum Gasteiger partial charge on any atom is -0.268 e. The van der Waals surface area contributed by atoms with Gasteiger partial charge in [0.15, 0.2) is 5.69 Å². The molecule has 0 spiro atoms. The van der Waals surface area contributed by atoms with Crippen molar-refractivity contribution in [1.29, 1.82) is 0 Å². The monoisotopic (exact) mass is 291 g/mol. The molecule has 0 aliphatic carbocycles. The maximum absolute atomic E-state index is 12.5. The Bertz CT molecular complexity index is 790. The lowest BCUT2D eigenvalue weighted by Gasteiger charge is -2.05. The summed E-state index contributed by atoms with van der Waals surface area (Å²) in [6.45, 7) is 2.20. The summed E-state index contributed by atoms with van der Waals surface area (Å²) in [5, 5.41) is 4.51. The fourth-order valence-corrected chi connectivity index (χ4v) is 2.16. The second-order valence-corrected chi connectivity index (χ2v) is 4.88. The highest BCUT2D eigenvalue weighted by molar-refractivity contribution is 5.79. The van der Waals surface area contributed by atoms with Gasteiger partial charge in [-0.1, -0.05) is 12.1 Å². The van der Waals surface area contributed by atoms with E-state index in [9.17, 15) is 13.2 Å². The topological polar surface area (TPSA) is 30.7 Å². The smallest absolute Gasteiger partial charge is 0.268 e. The van der Waals surface area contributed by atoms with Gasteiger partial charge in [0.05, 0.1) is 12.1 Å². The molecule has 0 saturated carbocycles. The molecule has 1 aromatic carbocycles. The van der Waals surface area contributed by atoms with Gasteiger partial charge >= 0.3 is 6.18 Å². The number of aromatic nitrogens is 3. The second-order valence-electron chi connectivity index (χ2n) is 4.88. The lowest BCUT2D eigenvalue weighted by atomic mass is 10.1. The summed E-state index contributed by atoms with van der Waals surface area (Å²) < 4.78 is 38.8. The largest absolute Gasteiger partial charge is 0.435 e. The van der Waals surface area contributed by atoms with E-state index in [0.717, 1.165) is 28.2 Å². The zero-order chi connectivity index (χ0) is 15.0. The van der Waals surface area contributed by atoms with Crippen LogP contribution in [0, 0.1) is 6.92 Å². The van der Waals surface area contributed by atoms with Crippen molar-refractivity contribution in [2.24, 2.45) is 0 Å². The van der Waals surface area contributed by atoms with Crippen LogP contribution in [0.4, 0.5) is 13.2 Å². The number of rotatable bonds is 2. The number of alkyl halides is 3. The molecule has 3 aromatic rings. The van der Waals surface area contributed by atoms with E-state index in [0.29, 0.717) is 6.54 Å². The van der Waals surface area contributed by atoms with Gasteiger partial charge < -0.3 is 0 Å². The third kappa shape index (κ3) is 2.89. The Morgan fingerprint density at radius 3 is 2.62 bits per heavy atom. The first kappa shape index (κ1) is 13.6. The highest BCUT2D eigenvalue weighted by Gasteiger charge is 2.33. The van der Waals surface area contributed by atoms with Gasteiger partial charge in [-0.25, -0.2) is 0 Å². The first-order valence-corrected chi connectivity index (χ1v) is 6.39. The first-order valence-electron chi connectivity index (χ1n) is 6.39. The third-order valence-electron chi connectivity index (χ3n) is 3.17. The van der Waals surface area contributed by atoms with Crippen LogP contribution in [0.2, 0.25) is 0 Å². The molecule has 6 heteroatoms. The van der Waals surface area contributed by atoms with Crippen molar-refractivity contribution in [2.45, 2.75) is 19.6 Å². The average molecular weight is 291 g/mol. The molecule has 0 atom stereocenters. The minimum atomic E-state index is -4.41. The number of hydrogen-bond donors (Lipinski definition) is 0. The fourth-order valence-electron chi connectivity index (χ4n) is 2.16. The highest BCUT2D eigenvalue weighted by Crippen LogP contribution is 2.27. The van der Waals surface area contributed by atoms with Crippen LogP contribution in [0.1, 0.15) is 17.0 Å². The number of pyridine rings is 1. The lowest BCUT2D eigenvalue weighted by Crippen LogP contribution is -2.08.